The van der Waals surface area contributed by atoms with Crippen molar-refractivity contribution < 1.29 is 44.3 Å². The molecule has 4 nitrogen and oxygen atoms in total. The number of nitrogens with two attached hydrogens (primary N) is 1. The van der Waals surface area contributed by atoms with Gasteiger partial charge in [0.1, 0.15) is 0 Å². The number of primary amides is 1. The fraction of sp³-hybridized carbons (Fsp3) is 0. The standard InChI is InChI=1S/C7H7NO.C7H6O2.Na/c2*8-7(9)6-4-2-1-3-5-6;/h1-5H,(H2,8,9);1-5H,(H,8,9);/q;;+1/p-1. The van der Waals surface area contributed by atoms with Crippen molar-refractivity contribution in [2.45, 2.75) is 0 Å². The smallest absolute Gasteiger partial charge is 0.545 e. The minimum Gasteiger partial charge on any atom is -0.545 e. The summed E-state index contributed by atoms with van der Waals surface area (Å²) >= 11 is 0. The molecule has 0 aliphatic heterocycles. The summed E-state index contributed by atoms with van der Waals surface area (Å²) in [5.41, 5.74) is 5.75. The van der Waals surface area contributed by atoms with Crippen LogP contribution in [0.15, 0.2) is 60.7 Å². The van der Waals surface area contributed by atoms with E-state index in [-0.39, 0.29) is 41.0 Å². The number of carbonyl (C=O) groups is 2. The first kappa shape index (κ1) is 17.4. The number of carboxylic acid groups (broad SMARTS) is 1. The van der Waals surface area contributed by atoms with Gasteiger partial charge in [-0.05, 0) is 17.7 Å². The Kier molecular flexibility index (Phi) is 8.53. The molecule has 0 aromatic heterocycles. The Bertz CT molecular complexity index is 465. The first-order valence-corrected chi connectivity index (χ1v) is 5.22. The van der Waals surface area contributed by atoms with E-state index < -0.39 is 5.97 Å². The van der Waals surface area contributed by atoms with Gasteiger partial charge in [0, 0.05) is 5.56 Å². The molecule has 19 heavy (non-hydrogen) atoms. The van der Waals surface area contributed by atoms with Crippen LogP contribution in [0.1, 0.15) is 20.7 Å². The van der Waals surface area contributed by atoms with E-state index in [4.69, 9.17) is 5.73 Å². The van der Waals surface area contributed by atoms with Crippen molar-refractivity contribution in [3.05, 3.63) is 71.8 Å². The van der Waals surface area contributed by atoms with Crippen LogP contribution in [0.2, 0.25) is 0 Å². The molecule has 0 heterocycles. The minimum atomic E-state index is -1.13. The maximum atomic E-state index is 10.4. The van der Waals surface area contributed by atoms with E-state index in [9.17, 15) is 14.7 Å². The van der Waals surface area contributed by atoms with Gasteiger partial charge < -0.3 is 15.6 Å². The molecule has 2 N–H and O–H groups in total. The zero-order valence-electron chi connectivity index (χ0n) is 10.6. The van der Waals surface area contributed by atoms with Crippen molar-refractivity contribution in [3.63, 3.8) is 0 Å². The summed E-state index contributed by atoms with van der Waals surface area (Å²) in [5, 5.41) is 10.1. The SMILES string of the molecule is NC(=O)c1ccccc1.O=C([O-])c1ccccc1.[Na+]. The number of carboxylic acids is 1. The summed E-state index contributed by atoms with van der Waals surface area (Å²) in [7, 11) is 0. The third-order valence-electron chi connectivity index (χ3n) is 2.07. The maximum absolute atomic E-state index is 10.4. The quantitative estimate of drug-likeness (QED) is 0.628. The van der Waals surface area contributed by atoms with E-state index in [1.165, 1.54) is 12.1 Å². The number of carbonyl (C=O) groups excluding carboxylic acids is 2. The molecule has 5 heteroatoms. The Labute approximate surface area is 133 Å². The van der Waals surface area contributed by atoms with Crippen molar-refractivity contribution in [2.24, 2.45) is 5.73 Å². The molecule has 0 bridgehead atoms. The van der Waals surface area contributed by atoms with Crippen molar-refractivity contribution >= 4 is 11.9 Å². The molecule has 0 spiro atoms. The van der Waals surface area contributed by atoms with Crippen molar-refractivity contribution in [3.8, 4) is 0 Å². The average molecular weight is 265 g/mol. The Morgan fingerprint density at radius 2 is 1.16 bits per heavy atom. The molecule has 92 valence electrons. The predicted octanol–water partition coefficient (Wildman–Crippen LogP) is -2.16. The van der Waals surface area contributed by atoms with Gasteiger partial charge in [-0.2, -0.15) is 0 Å². The van der Waals surface area contributed by atoms with Crippen LogP contribution >= 0.6 is 0 Å². The maximum Gasteiger partial charge on any atom is 1.00 e. The Morgan fingerprint density at radius 1 is 0.789 bits per heavy atom. The first-order valence-electron chi connectivity index (χ1n) is 5.22. The average Bonchev–Trinajstić information content (AvgIpc) is 2.41. The van der Waals surface area contributed by atoms with E-state index in [0.717, 1.165) is 0 Å². The molecule has 0 radical (unpaired) electrons. The number of rotatable bonds is 2. The van der Waals surface area contributed by atoms with Crippen LogP contribution in [-0.2, 0) is 0 Å². The zero-order chi connectivity index (χ0) is 13.4. The molecule has 0 saturated heterocycles. The van der Waals surface area contributed by atoms with Crippen LogP contribution in [0.3, 0.4) is 0 Å². The van der Waals surface area contributed by atoms with Gasteiger partial charge in [0.25, 0.3) is 0 Å². The summed E-state index contributed by atoms with van der Waals surface area (Å²) in [6, 6.07) is 16.8. The van der Waals surface area contributed by atoms with Crippen LogP contribution in [0, 0.1) is 0 Å². The van der Waals surface area contributed by atoms with Crippen LogP contribution in [-0.4, -0.2) is 11.9 Å². The fourth-order valence-electron chi connectivity index (χ4n) is 1.18. The third-order valence-corrected chi connectivity index (χ3v) is 2.07. The molecule has 0 aliphatic rings. The molecule has 1 amide bonds. The molecule has 2 rings (SSSR count). The normalized spacial score (nSPS) is 8.42. The van der Waals surface area contributed by atoms with E-state index in [2.05, 4.69) is 0 Å². The van der Waals surface area contributed by atoms with Gasteiger partial charge in [0.05, 0.1) is 5.97 Å². The number of amides is 1. The number of hydrogen-bond donors (Lipinski definition) is 1. The second-order valence-corrected chi connectivity index (χ2v) is 3.38. The van der Waals surface area contributed by atoms with E-state index >= 15 is 0 Å². The second-order valence-electron chi connectivity index (χ2n) is 3.38. The topological polar surface area (TPSA) is 83.2 Å². The molecular weight excluding hydrogens is 253 g/mol. The van der Waals surface area contributed by atoms with E-state index in [1.807, 2.05) is 6.07 Å². The monoisotopic (exact) mass is 265 g/mol. The Morgan fingerprint density at radius 3 is 1.37 bits per heavy atom. The summed E-state index contributed by atoms with van der Waals surface area (Å²) in [4.78, 5) is 20.5. The first-order chi connectivity index (χ1) is 8.61. The van der Waals surface area contributed by atoms with Gasteiger partial charge in [-0.25, -0.2) is 0 Å². The fourth-order valence-corrected chi connectivity index (χ4v) is 1.18. The Hall–Kier alpha value is -1.62. The molecular formula is C14H12NNaO3. The van der Waals surface area contributed by atoms with Crippen molar-refractivity contribution in [1.29, 1.82) is 0 Å². The summed E-state index contributed by atoms with van der Waals surface area (Å²) in [6.07, 6.45) is 0. The van der Waals surface area contributed by atoms with Gasteiger partial charge >= 0.3 is 29.6 Å². The number of benzene rings is 2. The summed E-state index contributed by atoms with van der Waals surface area (Å²) < 4.78 is 0. The van der Waals surface area contributed by atoms with Gasteiger partial charge in [-0.1, -0.05) is 48.5 Å². The van der Waals surface area contributed by atoms with Gasteiger partial charge in [0.15, 0.2) is 0 Å². The number of aromatic carboxylic acids is 1. The van der Waals surface area contributed by atoms with Gasteiger partial charge in [0.2, 0.25) is 5.91 Å². The van der Waals surface area contributed by atoms with E-state index in [1.54, 1.807) is 42.5 Å². The van der Waals surface area contributed by atoms with E-state index in [0.29, 0.717) is 5.56 Å². The van der Waals surface area contributed by atoms with Gasteiger partial charge in [-0.15, -0.1) is 0 Å². The number of hydrogen-bond acceptors (Lipinski definition) is 3. The second kappa shape index (κ2) is 9.33. The predicted molar refractivity (Wildman–Crippen MR) is 65.7 cm³/mol. The molecule has 0 aliphatic carbocycles. The largest absolute Gasteiger partial charge is 1.00 e. The molecule has 2 aromatic carbocycles. The van der Waals surface area contributed by atoms with Crippen molar-refractivity contribution in [2.75, 3.05) is 0 Å². The molecule has 0 fully saturated rings. The summed E-state index contributed by atoms with van der Waals surface area (Å²) in [6.45, 7) is 0. The third kappa shape index (κ3) is 6.76. The molecule has 0 atom stereocenters. The van der Waals surface area contributed by atoms with Crippen LogP contribution in [0.4, 0.5) is 0 Å². The van der Waals surface area contributed by atoms with Crippen molar-refractivity contribution in [1.82, 2.24) is 0 Å². The van der Waals surface area contributed by atoms with Crippen LogP contribution < -0.4 is 40.4 Å². The van der Waals surface area contributed by atoms with Gasteiger partial charge in [-0.3, -0.25) is 4.79 Å². The molecule has 0 saturated carbocycles. The van der Waals surface area contributed by atoms with Crippen LogP contribution in [0.25, 0.3) is 0 Å². The molecule has 0 unspecified atom stereocenters. The Balaban J connectivity index is 0.000000324. The molecule has 2 aromatic rings. The summed E-state index contributed by atoms with van der Waals surface area (Å²) in [5.74, 6) is -1.51. The van der Waals surface area contributed by atoms with Crippen LogP contribution in [0.5, 0.6) is 0 Å². The minimum absolute atomic E-state index is 0. The zero-order valence-corrected chi connectivity index (χ0v) is 12.6.